The van der Waals surface area contributed by atoms with Gasteiger partial charge < -0.3 is 34.0 Å². The van der Waals surface area contributed by atoms with Crippen molar-refractivity contribution in [2.24, 2.45) is 0 Å². The van der Waals surface area contributed by atoms with Gasteiger partial charge in [0.25, 0.3) is 0 Å². The molecule has 5 nitrogen and oxygen atoms in total. The molecule has 0 aliphatic carbocycles. The Morgan fingerprint density at radius 2 is 1.18 bits per heavy atom. The second-order valence-electron chi connectivity index (χ2n) is 7.42. The fourth-order valence-electron chi connectivity index (χ4n) is 2.87. The van der Waals surface area contributed by atoms with Crippen LogP contribution in [0.5, 0.6) is 0 Å². The number of quaternary nitrogens is 1. The molecule has 156 valence electrons. The zero-order chi connectivity index (χ0) is 19.9. The van der Waals surface area contributed by atoms with Gasteiger partial charge in [-0.1, -0.05) is 23.2 Å². The fraction of sp³-hybridized carbons (Fsp3) is 0.381. The third-order valence-electron chi connectivity index (χ3n) is 4.54. The van der Waals surface area contributed by atoms with Crippen LogP contribution < -0.4 is 22.1 Å². The molecule has 0 radical (unpaired) electrons. The van der Waals surface area contributed by atoms with E-state index in [9.17, 15) is 0 Å². The quantitative estimate of drug-likeness (QED) is 0.187. The minimum Gasteiger partial charge on any atom is -0.398 e. The highest BCUT2D eigenvalue weighted by Crippen LogP contribution is 2.23. The molecular formula is C21H33Cl2N5. The van der Waals surface area contributed by atoms with Crippen LogP contribution in [0.25, 0.3) is 0 Å². The molecule has 0 heterocycles. The number of benzene rings is 2. The number of nitrogens with two attached hydrogens (primary N) is 2. The number of hydrogen-bond donors (Lipinski definition) is 4. The molecule has 0 aliphatic heterocycles. The van der Waals surface area contributed by atoms with Crippen LogP contribution in [-0.2, 0) is 0 Å². The summed E-state index contributed by atoms with van der Waals surface area (Å²) in [7, 11) is 4.53. The normalized spacial score (nSPS) is 11.0. The van der Waals surface area contributed by atoms with Crippen molar-refractivity contribution >= 4 is 46.0 Å². The maximum Gasteiger partial charge on any atom is 0.0799 e. The third kappa shape index (κ3) is 8.05. The smallest absolute Gasteiger partial charge is 0.0799 e. The first-order chi connectivity index (χ1) is 12.8. The number of nitrogens with one attached hydrogen (secondary N) is 2. The SMILES string of the molecule is C[N+](C)(CCCNc1ccc(N)c(Cl)c1)CCCNc1ccc(N)c(Cl)c1.[CH3-]. The first-order valence-electron chi connectivity index (χ1n) is 9.17. The largest absolute Gasteiger partial charge is 0.398 e. The number of nitrogens with zero attached hydrogens (tertiary/aromatic N) is 1. The van der Waals surface area contributed by atoms with Crippen molar-refractivity contribution in [3.8, 4) is 0 Å². The number of rotatable bonds is 10. The Bertz CT molecular complexity index is 688. The maximum absolute atomic E-state index is 6.04. The van der Waals surface area contributed by atoms with Crippen LogP contribution in [-0.4, -0.2) is 44.8 Å². The lowest BCUT2D eigenvalue weighted by molar-refractivity contribution is -0.890. The summed E-state index contributed by atoms with van der Waals surface area (Å²) in [5, 5.41) is 7.98. The molecule has 2 aromatic carbocycles. The Balaban J connectivity index is 0.00000392. The number of nitrogen functional groups attached to an aromatic ring is 2. The Hall–Kier alpha value is -1.82. The van der Waals surface area contributed by atoms with E-state index in [1.165, 1.54) is 0 Å². The zero-order valence-corrected chi connectivity index (χ0v) is 18.6. The highest BCUT2D eigenvalue weighted by atomic mass is 35.5. The Labute approximate surface area is 179 Å². The summed E-state index contributed by atoms with van der Waals surface area (Å²) in [5.41, 5.74) is 14.7. The molecular weight excluding hydrogens is 393 g/mol. The molecule has 7 heteroatoms. The van der Waals surface area contributed by atoms with E-state index in [0.717, 1.165) is 54.9 Å². The van der Waals surface area contributed by atoms with Gasteiger partial charge in [-0.15, -0.1) is 0 Å². The molecule has 28 heavy (non-hydrogen) atoms. The summed E-state index contributed by atoms with van der Waals surface area (Å²) in [6, 6.07) is 11.3. The van der Waals surface area contributed by atoms with Crippen LogP contribution in [0.1, 0.15) is 12.8 Å². The van der Waals surface area contributed by atoms with Crippen molar-refractivity contribution in [2.75, 3.05) is 62.4 Å². The van der Waals surface area contributed by atoms with Crippen molar-refractivity contribution in [3.63, 3.8) is 0 Å². The first-order valence-corrected chi connectivity index (χ1v) is 9.92. The topological polar surface area (TPSA) is 76.1 Å². The molecule has 0 saturated carbocycles. The minimum atomic E-state index is 0. The highest BCUT2D eigenvalue weighted by molar-refractivity contribution is 6.33. The van der Waals surface area contributed by atoms with Crippen molar-refractivity contribution < 1.29 is 4.48 Å². The predicted octanol–water partition coefficient (Wildman–Crippen LogP) is 4.99. The van der Waals surface area contributed by atoms with E-state index in [4.69, 9.17) is 34.7 Å². The van der Waals surface area contributed by atoms with Crippen molar-refractivity contribution in [1.29, 1.82) is 0 Å². The van der Waals surface area contributed by atoms with Gasteiger partial charge in [-0.05, 0) is 36.4 Å². The lowest BCUT2D eigenvalue weighted by atomic mass is 10.2. The predicted molar refractivity (Wildman–Crippen MR) is 126 cm³/mol. The van der Waals surface area contributed by atoms with E-state index in [-0.39, 0.29) is 7.43 Å². The third-order valence-corrected chi connectivity index (χ3v) is 5.19. The van der Waals surface area contributed by atoms with Gasteiger partial charge in [0.1, 0.15) is 0 Å². The highest BCUT2D eigenvalue weighted by Gasteiger charge is 2.13. The molecule has 0 unspecified atom stereocenters. The van der Waals surface area contributed by atoms with Crippen molar-refractivity contribution in [3.05, 3.63) is 53.9 Å². The molecule has 6 N–H and O–H groups in total. The summed E-state index contributed by atoms with van der Waals surface area (Å²) in [4.78, 5) is 0. The van der Waals surface area contributed by atoms with E-state index in [1.807, 2.05) is 36.4 Å². The van der Waals surface area contributed by atoms with Gasteiger partial charge >= 0.3 is 0 Å². The van der Waals surface area contributed by atoms with Crippen molar-refractivity contribution in [1.82, 2.24) is 0 Å². The van der Waals surface area contributed by atoms with E-state index < -0.39 is 0 Å². The fourth-order valence-corrected chi connectivity index (χ4v) is 3.23. The van der Waals surface area contributed by atoms with Crippen LogP contribution in [0.2, 0.25) is 10.0 Å². The Morgan fingerprint density at radius 1 is 0.786 bits per heavy atom. The van der Waals surface area contributed by atoms with Gasteiger partial charge in [0.05, 0.1) is 48.6 Å². The molecule has 0 spiro atoms. The van der Waals surface area contributed by atoms with Gasteiger partial charge in [0.2, 0.25) is 0 Å². The number of hydrogen-bond acceptors (Lipinski definition) is 4. The van der Waals surface area contributed by atoms with Gasteiger partial charge in [-0.3, -0.25) is 0 Å². The molecule has 0 bridgehead atoms. The van der Waals surface area contributed by atoms with Crippen LogP contribution in [0, 0.1) is 7.43 Å². The van der Waals surface area contributed by atoms with Gasteiger partial charge in [0.15, 0.2) is 0 Å². The molecule has 0 atom stereocenters. The van der Waals surface area contributed by atoms with Crippen LogP contribution in [0.15, 0.2) is 36.4 Å². The summed E-state index contributed by atoms with van der Waals surface area (Å²) >= 11 is 12.1. The summed E-state index contributed by atoms with van der Waals surface area (Å²) in [5.74, 6) is 0. The minimum absolute atomic E-state index is 0. The Kier molecular flexibility index (Phi) is 9.73. The van der Waals surface area contributed by atoms with E-state index in [2.05, 4.69) is 24.7 Å². The number of anilines is 4. The molecule has 2 rings (SSSR count). The molecule has 0 saturated heterocycles. The average molecular weight is 426 g/mol. The standard InChI is InChI=1S/C20H30Cl2N5.CH3/c1-27(2,11-3-9-25-15-5-7-19(23)17(21)13-15)12-4-10-26-16-6-8-20(24)18(22)14-16;/h5-8,13-14,25-26H,3-4,9-12,23-24H2,1-2H3;1H3/q+1;-1. The van der Waals surface area contributed by atoms with Crippen LogP contribution >= 0.6 is 23.2 Å². The molecule has 0 aliphatic rings. The molecule has 0 fully saturated rings. The maximum atomic E-state index is 6.04. The second-order valence-corrected chi connectivity index (χ2v) is 8.23. The Morgan fingerprint density at radius 3 is 1.54 bits per heavy atom. The second kappa shape index (κ2) is 11.2. The van der Waals surface area contributed by atoms with E-state index in [1.54, 1.807) is 0 Å². The zero-order valence-electron chi connectivity index (χ0n) is 17.1. The van der Waals surface area contributed by atoms with Crippen LogP contribution in [0.3, 0.4) is 0 Å². The van der Waals surface area contributed by atoms with Gasteiger partial charge in [0, 0.05) is 37.3 Å². The lowest BCUT2D eigenvalue weighted by Gasteiger charge is -2.30. The van der Waals surface area contributed by atoms with Crippen LogP contribution in [0.4, 0.5) is 22.7 Å². The lowest BCUT2D eigenvalue weighted by Crippen LogP contribution is -2.42. The first kappa shape index (κ1) is 24.2. The molecule has 2 aromatic rings. The van der Waals surface area contributed by atoms with E-state index in [0.29, 0.717) is 21.4 Å². The average Bonchev–Trinajstić information content (AvgIpc) is 2.62. The molecule has 0 amide bonds. The summed E-state index contributed by atoms with van der Waals surface area (Å²) in [6.45, 7) is 4.01. The van der Waals surface area contributed by atoms with E-state index >= 15 is 0 Å². The van der Waals surface area contributed by atoms with Crippen molar-refractivity contribution in [2.45, 2.75) is 12.8 Å². The van der Waals surface area contributed by atoms with Gasteiger partial charge in [-0.2, -0.15) is 0 Å². The number of halogens is 2. The summed E-state index contributed by atoms with van der Waals surface area (Å²) < 4.78 is 0.981. The summed E-state index contributed by atoms with van der Waals surface area (Å²) in [6.07, 6.45) is 2.16. The van der Waals surface area contributed by atoms with Gasteiger partial charge in [-0.25, -0.2) is 0 Å². The monoisotopic (exact) mass is 425 g/mol. The molecule has 0 aromatic heterocycles.